The first-order chi connectivity index (χ1) is 14.4. The minimum atomic E-state index is -1.83. The number of amides is 2. The number of aliphatic hydroxyl groups is 1. The summed E-state index contributed by atoms with van der Waals surface area (Å²) < 4.78 is 5.41. The monoisotopic (exact) mass is 440 g/mol. The molecule has 8 heteroatoms. The fourth-order valence-corrected chi connectivity index (χ4v) is 4.17. The number of fused-ring (bicyclic) bond motifs is 2. The number of halogens is 2. The van der Waals surface area contributed by atoms with Gasteiger partial charge in [0.05, 0.1) is 15.7 Å². The molecule has 1 unspecified atom stereocenters. The summed E-state index contributed by atoms with van der Waals surface area (Å²) in [5.74, 6) is -0.194. The average molecular weight is 441 g/mol. The van der Waals surface area contributed by atoms with Crippen LogP contribution in [0.15, 0.2) is 60.7 Å². The number of ether oxygens (including phenoxy) is 1. The summed E-state index contributed by atoms with van der Waals surface area (Å²) in [5.41, 5.74) is 0.140. The minimum absolute atomic E-state index is 0.0761. The van der Waals surface area contributed by atoms with Crippen LogP contribution >= 0.6 is 23.2 Å². The number of carbonyl (C=O) groups is 2. The van der Waals surface area contributed by atoms with Crippen LogP contribution in [0.4, 0.5) is 11.4 Å². The van der Waals surface area contributed by atoms with Gasteiger partial charge in [-0.2, -0.15) is 0 Å². The highest BCUT2D eigenvalue weighted by atomic mass is 35.5. The number of nitrogens with zero attached hydrogens (tertiary/aromatic N) is 1. The highest BCUT2D eigenvalue weighted by Crippen LogP contribution is 2.47. The Morgan fingerprint density at radius 2 is 1.80 bits per heavy atom. The van der Waals surface area contributed by atoms with Crippen molar-refractivity contribution >= 4 is 46.4 Å². The number of nitrogens with one attached hydrogen (secondary N) is 1. The van der Waals surface area contributed by atoms with E-state index >= 15 is 0 Å². The molecule has 0 aliphatic carbocycles. The van der Waals surface area contributed by atoms with Gasteiger partial charge in [-0.15, -0.1) is 0 Å². The van der Waals surface area contributed by atoms with Crippen molar-refractivity contribution in [3.05, 3.63) is 87.4 Å². The third-order valence-electron chi connectivity index (χ3n) is 5.24. The zero-order chi connectivity index (χ0) is 21.0. The second-order valence-corrected chi connectivity index (χ2v) is 7.82. The highest BCUT2D eigenvalue weighted by molar-refractivity contribution is 6.42. The molecule has 2 heterocycles. The van der Waals surface area contributed by atoms with Crippen molar-refractivity contribution in [3.63, 3.8) is 0 Å². The normalized spacial score (nSPS) is 19.8. The van der Waals surface area contributed by atoms with E-state index in [1.807, 2.05) is 0 Å². The van der Waals surface area contributed by atoms with Gasteiger partial charge in [0, 0.05) is 22.4 Å². The van der Waals surface area contributed by atoms with E-state index in [0.717, 1.165) is 0 Å². The third kappa shape index (κ3) is 2.69. The molecule has 1 atom stereocenters. The quantitative estimate of drug-likeness (QED) is 0.626. The molecule has 2 aliphatic heterocycles. The van der Waals surface area contributed by atoms with Crippen molar-refractivity contribution in [2.45, 2.75) is 5.72 Å². The Morgan fingerprint density at radius 3 is 2.60 bits per heavy atom. The van der Waals surface area contributed by atoms with E-state index in [0.29, 0.717) is 38.8 Å². The van der Waals surface area contributed by atoms with Crippen LogP contribution in [0.2, 0.25) is 10.0 Å². The summed E-state index contributed by atoms with van der Waals surface area (Å²) in [6.07, 6.45) is 0. The van der Waals surface area contributed by atoms with Crippen molar-refractivity contribution in [1.29, 1.82) is 0 Å². The van der Waals surface area contributed by atoms with Crippen LogP contribution in [0.3, 0.4) is 0 Å². The van der Waals surface area contributed by atoms with Gasteiger partial charge in [0.1, 0.15) is 5.75 Å². The Labute approximate surface area is 181 Å². The van der Waals surface area contributed by atoms with E-state index in [2.05, 4.69) is 5.32 Å². The molecule has 0 saturated carbocycles. The van der Waals surface area contributed by atoms with E-state index in [9.17, 15) is 14.7 Å². The average Bonchev–Trinajstić information content (AvgIpc) is 2.98. The molecule has 0 fully saturated rings. The lowest BCUT2D eigenvalue weighted by molar-refractivity contribution is -0.118. The van der Waals surface area contributed by atoms with Crippen molar-refractivity contribution < 1.29 is 19.4 Å². The van der Waals surface area contributed by atoms with Crippen molar-refractivity contribution in [1.82, 2.24) is 0 Å². The number of benzene rings is 3. The molecular weight excluding hydrogens is 427 g/mol. The molecule has 2 amide bonds. The fourth-order valence-electron chi connectivity index (χ4n) is 3.87. The minimum Gasteiger partial charge on any atom is -0.482 e. The lowest BCUT2D eigenvalue weighted by atomic mass is 9.93. The SMILES string of the molecule is O=C1COc2ccc(C3(O)c4ccccc4C(=O)N3c3ccc(Cl)c(Cl)c3)cc2N1. The Kier molecular flexibility index (Phi) is 4.25. The zero-order valence-electron chi connectivity index (χ0n) is 15.4. The first kappa shape index (κ1) is 18.9. The summed E-state index contributed by atoms with van der Waals surface area (Å²) in [6, 6.07) is 16.5. The lowest BCUT2D eigenvalue weighted by Crippen LogP contribution is -2.45. The maximum absolute atomic E-state index is 13.3. The first-order valence-corrected chi connectivity index (χ1v) is 9.84. The van der Waals surface area contributed by atoms with Crippen LogP contribution in [-0.2, 0) is 10.5 Å². The molecule has 3 aromatic carbocycles. The topological polar surface area (TPSA) is 78.9 Å². The van der Waals surface area contributed by atoms with E-state index in [-0.39, 0.29) is 23.4 Å². The number of hydrogen-bond acceptors (Lipinski definition) is 4. The summed E-state index contributed by atoms with van der Waals surface area (Å²) in [7, 11) is 0. The Morgan fingerprint density at radius 1 is 1.00 bits per heavy atom. The molecule has 0 radical (unpaired) electrons. The van der Waals surface area contributed by atoms with E-state index < -0.39 is 5.72 Å². The molecule has 3 aromatic rings. The second kappa shape index (κ2) is 6.74. The third-order valence-corrected chi connectivity index (χ3v) is 5.98. The van der Waals surface area contributed by atoms with Crippen LogP contribution in [0, 0.1) is 0 Å². The number of hydrogen-bond donors (Lipinski definition) is 2. The molecule has 150 valence electrons. The smallest absolute Gasteiger partial charge is 0.262 e. The molecule has 30 heavy (non-hydrogen) atoms. The van der Waals surface area contributed by atoms with E-state index in [1.54, 1.807) is 54.6 Å². The van der Waals surface area contributed by atoms with Gasteiger partial charge in [0.15, 0.2) is 12.3 Å². The molecule has 0 spiro atoms. The van der Waals surface area contributed by atoms with Gasteiger partial charge >= 0.3 is 0 Å². The Bertz CT molecular complexity index is 1230. The van der Waals surface area contributed by atoms with Gasteiger partial charge in [0.25, 0.3) is 11.8 Å². The van der Waals surface area contributed by atoms with Crippen LogP contribution in [0.5, 0.6) is 5.75 Å². The lowest BCUT2D eigenvalue weighted by Gasteiger charge is -2.35. The largest absolute Gasteiger partial charge is 0.482 e. The predicted molar refractivity (Wildman–Crippen MR) is 113 cm³/mol. The van der Waals surface area contributed by atoms with Gasteiger partial charge in [-0.05, 0) is 42.5 Å². The maximum atomic E-state index is 13.3. The Hall–Kier alpha value is -3.06. The number of carbonyl (C=O) groups excluding carboxylic acids is 2. The van der Waals surface area contributed by atoms with Gasteiger partial charge in [-0.3, -0.25) is 14.5 Å². The van der Waals surface area contributed by atoms with Gasteiger partial charge in [-0.1, -0.05) is 41.4 Å². The summed E-state index contributed by atoms with van der Waals surface area (Å²) >= 11 is 12.2. The standard InChI is InChI=1S/C22H14Cl2N2O4/c23-16-7-6-13(10-17(16)24)26-21(28)14-3-1-2-4-15(14)22(26,29)12-5-8-19-18(9-12)25-20(27)11-30-19/h1-10,29H,11H2,(H,25,27). The molecule has 0 bridgehead atoms. The van der Waals surface area contributed by atoms with Crippen molar-refractivity contribution in [2.24, 2.45) is 0 Å². The van der Waals surface area contributed by atoms with Crippen LogP contribution < -0.4 is 15.0 Å². The molecule has 2 N–H and O–H groups in total. The number of rotatable bonds is 2. The molecule has 5 rings (SSSR count). The second-order valence-electron chi connectivity index (χ2n) is 7.00. The summed E-state index contributed by atoms with van der Waals surface area (Å²) in [5, 5.41) is 15.3. The van der Waals surface area contributed by atoms with Gasteiger partial charge in [-0.25, -0.2) is 0 Å². The number of anilines is 2. The summed E-state index contributed by atoms with van der Waals surface area (Å²) in [4.78, 5) is 26.3. The fraction of sp³-hybridized carbons (Fsp3) is 0.0909. The van der Waals surface area contributed by atoms with Crippen molar-refractivity contribution in [2.75, 3.05) is 16.8 Å². The molecular formula is C22H14Cl2N2O4. The maximum Gasteiger partial charge on any atom is 0.262 e. The molecule has 0 saturated heterocycles. The Balaban J connectivity index is 1.73. The van der Waals surface area contributed by atoms with E-state index in [1.165, 1.54) is 11.0 Å². The van der Waals surface area contributed by atoms with Gasteiger partial charge in [0.2, 0.25) is 0 Å². The molecule has 0 aromatic heterocycles. The highest BCUT2D eigenvalue weighted by Gasteiger charge is 2.51. The zero-order valence-corrected chi connectivity index (χ0v) is 16.9. The van der Waals surface area contributed by atoms with Crippen LogP contribution in [-0.4, -0.2) is 23.5 Å². The predicted octanol–water partition coefficient (Wildman–Crippen LogP) is 4.18. The molecule has 6 nitrogen and oxygen atoms in total. The molecule has 2 aliphatic rings. The van der Waals surface area contributed by atoms with Crippen LogP contribution in [0.1, 0.15) is 21.5 Å². The first-order valence-electron chi connectivity index (χ1n) is 9.08. The van der Waals surface area contributed by atoms with Crippen molar-refractivity contribution in [3.8, 4) is 5.75 Å². The van der Waals surface area contributed by atoms with Crippen LogP contribution in [0.25, 0.3) is 0 Å². The van der Waals surface area contributed by atoms with Gasteiger partial charge < -0.3 is 15.2 Å². The van der Waals surface area contributed by atoms with E-state index in [4.69, 9.17) is 27.9 Å². The summed E-state index contributed by atoms with van der Waals surface area (Å²) in [6.45, 7) is -0.0761.